The van der Waals surface area contributed by atoms with Crippen molar-refractivity contribution >= 4 is 12.0 Å². The Morgan fingerprint density at radius 2 is 2.18 bits per heavy atom. The number of aldehydes is 1. The third-order valence-electron chi connectivity index (χ3n) is 3.21. The third kappa shape index (κ3) is 2.65. The molecular weight excluding hydrogens is 217 g/mol. The summed E-state index contributed by atoms with van der Waals surface area (Å²) < 4.78 is 13.9. The smallest absolute Gasteiger partial charge is 0.152 e. The van der Waals surface area contributed by atoms with Gasteiger partial charge in [-0.25, -0.2) is 4.39 Å². The summed E-state index contributed by atoms with van der Waals surface area (Å²) in [5.41, 5.74) is 0.906. The zero-order valence-electron chi connectivity index (χ0n) is 10.3. The highest BCUT2D eigenvalue weighted by Crippen LogP contribution is 2.34. The van der Waals surface area contributed by atoms with Crippen molar-refractivity contribution in [2.24, 2.45) is 5.92 Å². The van der Waals surface area contributed by atoms with E-state index in [1.165, 1.54) is 18.9 Å². The van der Waals surface area contributed by atoms with E-state index in [-0.39, 0.29) is 11.9 Å². The van der Waals surface area contributed by atoms with E-state index in [9.17, 15) is 9.18 Å². The van der Waals surface area contributed by atoms with E-state index in [0.717, 1.165) is 12.8 Å². The predicted octanol–water partition coefficient (Wildman–Crippen LogP) is 3.26. The fraction of sp³-hybridized carbons (Fsp3) is 0.500. The summed E-state index contributed by atoms with van der Waals surface area (Å²) in [6, 6.07) is 4.88. The molecule has 0 bridgehead atoms. The van der Waals surface area contributed by atoms with E-state index >= 15 is 0 Å². The number of benzene rings is 1. The number of hydrogen-bond donors (Lipinski definition) is 0. The van der Waals surface area contributed by atoms with Crippen molar-refractivity contribution in [1.82, 2.24) is 0 Å². The molecule has 0 N–H and O–H groups in total. The molecule has 0 spiro atoms. The van der Waals surface area contributed by atoms with Crippen molar-refractivity contribution in [1.29, 1.82) is 0 Å². The van der Waals surface area contributed by atoms with Crippen LogP contribution in [0.4, 0.5) is 10.1 Å². The first kappa shape index (κ1) is 12.1. The van der Waals surface area contributed by atoms with Gasteiger partial charge in [0.15, 0.2) is 6.29 Å². The van der Waals surface area contributed by atoms with Crippen LogP contribution < -0.4 is 4.90 Å². The van der Waals surface area contributed by atoms with Crippen LogP contribution in [0.25, 0.3) is 0 Å². The second-order valence-electron chi connectivity index (χ2n) is 4.99. The number of hydrogen-bond acceptors (Lipinski definition) is 2. The zero-order valence-corrected chi connectivity index (χ0v) is 10.3. The zero-order chi connectivity index (χ0) is 12.4. The fourth-order valence-corrected chi connectivity index (χ4v) is 2.07. The molecule has 1 saturated carbocycles. The Balaban J connectivity index is 2.36. The maximum absolute atomic E-state index is 13.9. The topological polar surface area (TPSA) is 20.3 Å². The minimum Gasteiger partial charge on any atom is -0.366 e. The van der Waals surface area contributed by atoms with Crippen molar-refractivity contribution in [3.05, 3.63) is 29.6 Å². The van der Waals surface area contributed by atoms with Crippen LogP contribution in [0.15, 0.2) is 18.2 Å². The normalized spacial score (nSPS) is 15.1. The first-order valence-corrected chi connectivity index (χ1v) is 6.13. The van der Waals surface area contributed by atoms with Crippen molar-refractivity contribution in [3.63, 3.8) is 0 Å². The molecule has 1 aromatic rings. The SMILES string of the molecule is CC(C)N(CC1CC1)c1c(F)cccc1C=O. The second-order valence-corrected chi connectivity index (χ2v) is 4.99. The summed E-state index contributed by atoms with van der Waals surface area (Å²) in [7, 11) is 0. The minimum atomic E-state index is -0.302. The molecule has 0 heterocycles. The summed E-state index contributed by atoms with van der Waals surface area (Å²) in [4.78, 5) is 13.0. The Kier molecular flexibility index (Phi) is 3.46. The van der Waals surface area contributed by atoms with Gasteiger partial charge < -0.3 is 4.90 Å². The molecule has 2 nitrogen and oxygen atoms in total. The fourth-order valence-electron chi connectivity index (χ4n) is 2.07. The van der Waals surface area contributed by atoms with Gasteiger partial charge in [0, 0.05) is 18.2 Å². The maximum atomic E-state index is 13.9. The number of anilines is 1. The molecule has 92 valence electrons. The lowest BCUT2D eigenvalue weighted by Crippen LogP contribution is -2.34. The Morgan fingerprint density at radius 3 is 2.71 bits per heavy atom. The summed E-state index contributed by atoms with van der Waals surface area (Å²) >= 11 is 0. The lowest BCUT2D eigenvalue weighted by atomic mass is 10.1. The number of rotatable bonds is 5. The first-order valence-electron chi connectivity index (χ1n) is 6.13. The van der Waals surface area contributed by atoms with Crippen molar-refractivity contribution in [2.45, 2.75) is 32.7 Å². The molecule has 0 saturated heterocycles. The number of halogens is 1. The second kappa shape index (κ2) is 4.86. The highest BCUT2D eigenvalue weighted by molar-refractivity contribution is 5.85. The van der Waals surface area contributed by atoms with Crippen LogP contribution in [-0.2, 0) is 0 Å². The van der Waals surface area contributed by atoms with Crippen LogP contribution in [0.5, 0.6) is 0 Å². The van der Waals surface area contributed by atoms with Gasteiger partial charge in [0.1, 0.15) is 5.82 Å². The van der Waals surface area contributed by atoms with Crippen LogP contribution in [0.2, 0.25) is 0 Å². The molecule has 0 atom stereocenters. The van der Waals surface area contributed by atoms with Crippen LogP contribution in [-0.4, -0.2) is 18.9 Å². The summed E-state index contributed by atoms with van der Waals surface area (Å²) in [6.07, 6.45) is 3.17. The third-order valence-corrected chi connectivity index (χ3v) is 3.21. The molecule has 17 heavy (non-hydrogen) atoms. The molecule has 1 aliphatic rings. The molecule has 1 fully saturated rings. The van der Waals surface area contributed by atoms with E-state index in [1.54, 1.807) is 12.1 Å². The Hall–Kier alpha value is -1.38. The van der Waals surface area contributed by atoms with Crippen molar-refractivity contribution < 1.29 is 9.18 Å². The number of para-hydroxylation sites is 1. The highest BCUT2D eigenvalue weighted by Gasteiger charge is 2.28. The van der Waals surface area contributed by atoms with Gasteiger partial charge in [0.2, 0.25) is 0 Å². The van der Waals surface area contributed by atoms with Crippen molar-refractivity contribution in [2.75, 3.05) is 11.4 Å². The first-order chi connectivity index (χ1) is 8.13. The van der Waals surface area contributed by atoms with Gasteiger partial charge in [0.25, 0.3) is 0 Å². The number of carbonyl (C=O) groups is 1. The molecule has 0 amide bonds. The summed E-state index contributed by atoms with van der Waals surface area (Å²) in [6.45, 7) is 4.91. The van der Waals surface area contributed by atoms with E-state index in [2.05, 4.69) is 0 Å². The van der Waals surface area contributed by atoms with Gasteiger partial charge in [0.05, 0.1) is 5.69 Å². The minimum absolute atomic E-state index is 0.200. The van der Waals surface area contributed by atoms with E-state index in [0.29, 0.717) is 17.2 Å². The monoisotopic (exact) mass is 235 g/mol. The van der Waals surface area contributed by atoms with Gasteiger partial charge in [-0.3, -0.25) is 4.79 Å². The summed E-state index contributed by atoms with van der Waals surface area (Å²) in [5.74, 6) is 0.362. The van der Waals surface area contributed by atoms with E-state index in [4.69, 9.17) is 0 Å². The number of carbonyl (C=O) groups excluding carboxylic acids is 1. The van der Waals surface area contributed by atoms with Crippen LogP contribution in [0.3, 0.4) is 0 Å². The maximum Gasteiger partial charge on any atom is 0.152 e. The van der Waals surface area contributed by atoms with Crippen molar-refractivity contribution in [3.8, 4) is 0 Å². The predicted molar refractivity (Wildman–Crippen MR) is 67.0 cm³/mol. The molecule has 0 unspecified atom stereocenters. The molecule has 2 rings (SSSR count). The lowest BCUT2D eigenvalue weighted by Gasteiger charge is -2.30. The molecule has 1 aliphatic carbocycles. The van der Waals surface area contributed by atoms with Crippen LogP contribution in [0.1, 0.15) is 37.0 Å². The van der Waals surface area contributed by atoms with E-state index in [1.807, 2.05) is 18.7 Å². The quantitative estimate of drug-likeness (QED) is 0.730. The van der Waals surface area contributed by atoms with Gasteiger partial charge in [-0.1, -0.05) is 6.07 Å². The van der Waals surface area contributed by atoms with Gasteiger partial charge in [-0.2, -0.15) is 0 Å². The van der Waals surface area contributed by atoms with Crippen LogP contribution in [0, 0.1) is 11.7 Å². The Labute approximate surface area is 101 Å². The largest absolute Gasteiger partial charge is 0.366 e. The van der Waals surface area contributed by atoms with E-state index < -0.39 is 0 Å². The standard InChI is InChI=1S/C14H18FNO/c1-10(2)16(8-11-6-7-11)14-12(9-17)4-3-5-13(14)15/h3-5,9-11H,6-8H2,1-2H3. The molecule has 1 aromatic carbocycles. The van der Waals surface area contributed by atoms with Crippen LogP contribution >= 0.6 is 0 Å². The lowest BCUT2D eigenvalue weighted by molar-refractivity contribution is 0.112. The van der Waals surface area contributed by atoms with Gasteiger partial charge >= 0.3 is 0 Å². The average Bonchev–Trinajstić information content (AvgIpc) is 3.09. The molecular formula is C14H18FNO. The Bertz CT molecular complexity index is 413. The number of nitrogens with zero attached hydrogens (tertiary/aromatic N) is 1. The van der Waals surface area contributed by atoms with Gasteiger partial charge in [-0.05, 0) is 44.7 Å². The Morgan fingerprint density at radius 1 is 1.47 bits per heavy atom. The highest BCUT2D eigenvalue weighted by atomic mass is 19.1. The average molecular weight is 235 g/mol. The molecule has 0 aromatic heterocycles. The molecule has 3 heteroatoms. The molecule has 0 aliphatic heterocycles. The summed E-state index contributed by atoms with van der Waals surface area (Å²) in [5, 5.41) is 0. The van der Waals surface area contributed by atoms with Gasteiger partial charge in [-0.15, -0.1) is 0 Å². The molecule has 0 radical (unpaired) electrons.